The van der Waals surface area contributed by atoms with Gasteiger partial charge in [0, 0.05) is 30.3 Å². The van der Waals surface area contributed by atoms with Crippen LogP contribution in [0.5, 0.6) is 5.75 Å². The molecule has 0 atom stereocenters. The number of rotatable bonds is 3. The highest BCUT2D eigenvalue weighted by atomic mass is 16.5. The van der Waals surface area contributed by atoms with Gasteiger partial charge in [-0.05, 0) is 18.2 Å². The number of amides is 1. The van der Waals surface area contributed by atoms with Crippen molar-refractivity contribution in [3.05, 3.63) is 70.5 Å². The molecule has 0 aliphatic heterocycles. The van der Waals surface area contributed by atoms with Crippen LogP contribution in [0.3, 0.4) is 0 Å². The molecule has 0 aliphatic rings. The number of nitrogens with one attached hydrogen (secondary N) is 1. The average molecular weight is 308 g/mol. The Morgan fingerprint density at radius 3 is 2.65 bits per heavy atom. The molecule has 3 rings (SSSR count). The molecule has 1 N–H and O–H groups in total. The van der Waals surface area contributed by atoms with Gasteiger partial charge in [0.05, 0.1) is 18.2 Å². The van der Waals surface area contributed by atoms with Gasteiger partial charge in [-0.25, -0.2) is 0 Å². The predicted molar refractivity (Wildman–Crippen MR) is 90.1 cm³/mol. The number of hydrogen-bond acceptors (Lipinski definition) is 3. The lowest BCUT2D eigenvalue weighted by Gasteiger charge is -2.11. The predicted octanol–water partition coefficient (Wildman–Crippen LogP) is 2.80. The van der Waals surface area contributed by atoms with Crippen LogP contribution in [0.1, 0.15) is 10.4 Å². The normalized spacial score (nSPS) is 10.5. The van der Waals surface area contributed by atoms with Crippen LogP contribution in [0.15, 0.2) is 59.4 Å². The minimum absolute atomic E-state index is 0.223. The molecular formula is C18H16N2O3. The van der Waals surface area contributed by atoms with E-state index in [9.17, 15) is 9.59 Å². The molecule has 1 amide bonds. The van der Waals surface area contributed by atoms with E-state index in [0.717, 1.165) is 10.9 Å². The molecule has 0 spiro atoms. The standard InChI is InChI=1S/C18H16N2O3/c1-20-16-9-4-3-8-14(16)15(11-17(20)21)18(22)19-12-6-5-7-13(10-12)23-2/h3-11H,1-2H3,(H,19,22). The lowest BCUT2D eigenvalue weighted by Crippen LogP contribution is -2.21. The minimum Gasteiger partial charge on any atom is -0.497 e. The van der Waals surface area contributed by atoms with Crippen LogP contribution < -0.4 is 15.6 Å². The summed E-state index contributed by atoms with van der Waals surface area (Å²) in [5, 5.41) is 3.54. The largest absolute Gasteiger partial charge is 0.497 e. The number of carbonyl (C=O) groups excluding carboxylic acids is 1. The van der Waals surface area contributed by atoms with E-state index in [1.165, 1.54) is 10.6 Å². The zero-order valence-corrected chi connectivity index (χ0v) is 12.9. The Morgan fingerprint density at radius 1 is 1.09 bits per heavy atom. The number of aryl methyl sites for hydroxylation is 1. The van der Waals surface area contributed by atoms with Crippen molar-refractivity contribution < 1.29 is 9.53 Å². The Hall–Kier alpha value is -3.08. The van der Waals surface area contributed by atoms with Gasteiger partial charge in [-0.2, -0.15) is 0 Å². The van der Waals surface area contributed by atoms with Gasteiger partial charge in [0.1, 0.15) is 5.75 Å². The van der Waals surface area contributed by atoms with Crippen molar-refractivity contribution in [3.63, 3.8) is 0 Å². The second kappa shape index (κ2) is 5.96. The van der Waals surface area contributed by atoms with E-state index in [-0.39, 0.29) is 11.5 Å². The summed E-state index contributed by atoms with van der Waals surface area (Å²) in [5.41, 5.74) is 1.46. The Bertz CT molecular complexity index is 944. The first-order chi connectivity index (χ1) is 11.1. The summed E-state index contributed by atoms with van der Waals surface area (Å²) in [7, 11) is 3.25. The van der Waals surface area contributed by atoms with E-state index in [4.69, 9.17) is 4.74 Å². The number of aromatic nitrogens is 1. The maximum Gasteiger partial charge on any atom is 0.256 e. The molecule has 0 bridgehead atoms. The fourth-order valence-electron chi connectivity index (χ4n) is 2.50. The molecule has 0 saturated heterocycles. The molecule has 1 heterocycles. The van der Waals surface area contributed by atoms with Crippen molar-refractivity contribution in [2.24, 2.45) is 7.05 Å². The van der Waals surface area contributed by atoms with Crippen molar-refractivity contribution in [2.75, 3.05) is 12.4 Å². The van der Waals surface area contributed by atoms with Crippen molar-refractivity contribution in [1.82, 2.24) is 4.57 Å². The summed E-state index contributed by atoms with van der Waals surface area (Å²) >= 11 is 0. The van der Waals surface area contributed by atoms with Gasteiger partial charge in [-0.15, -0.1) is 0 Å². The number of methoxy groups -OCH3 is 1. The number of hydrogen-bond donors (Lipinski definition) is 1. The lowest BCUT2D eigenvalue weighted by atomic mass is 10.1. The zero-order chi connectivity index (χ0) is 16.4. The fraction of sp³-hybridized carbons (Fsp3) is 0.111. The van der Waals surface area contributed by atoms with Gasteiger partial charge in [0.15, 0.2) is 0 Å². The highest BCUT2D eigenvalue weighted by Gasteiger charge is 2.13. The van der Waals surface area contributed by atoms with Crippen molar-refractivity contribution in [2.45, 2.75) is 0 Å². The molecule has 1 aromatic heterocycles. The van der Waals surface area contributed by atoms with Gasteiger partial charge < -0.3 is 14.6 Å². The number of ether oxygens (including phenoxy) is 1. The van der Waals surface area contributed by atoms with Gasteiger partial charge in [0.25, 0.3) is 11.5 Å². The lowest BCUT2D eigenvalue weighted by molar-refractivity contribution is 0.102. The van der Waals surface area contributed by atoms with E-state index in [1.807, 2.05) is 24.3 Å². The first-order valence-electron chi connectivity index (χ1n) is 7.14. The molecule has 5 nitrogen and oxygen atoms in total. The van der Waals surface area contributed by atoms with E-state index < -0.39 is 0 Å². The van der Waals surface area contributed by atoms with Crippen LogP contribution in [0.25, 0.3) is 10.9 Å². The Kier molecular flexibility index (Phi) is 3.85. The van der Waals surface area contributed by atoms with Crippen LogP contribution in [0.4, 0.5) is 5.69 Å². The molecule has 0 saturated carbocycles. The van der Waals surface area contributed by atoms with Crippen molar-refractivity contribution in [1.29, 1.82) is 0 Å². The second-order valence-electron chi connectivity index (χ2n) is 5.16. The highest BCUT2D eigenvalue weighted by Crippen LogP contribution is 2.20. The van der Waals surface area contributed by atoms with Crippen molar-refractivity contribution in [3.8, 4) is 5.75 Å². The first-order valence-corrected chi connectivity index (χ1v) is 7.14. The highest BCUT2D eigenvalue weighted by molar-refractivity contribution is 6.12. The van der Waals surface area contributed by atoms with Gasteiger partial charge in [-0.3, -0.25) is 9.59 Å². The monoisotopic (exact) mass is 308 g/mol. The number of nitrogens with zero attached hydrogens (tertiary/aromatic N) is 1. The molecular weight excluding hydrogens is 292 g/mol. The summed E-state index contributed by atoms with van der Waals surface area (Å²) in [6.07, 6.45) is 0. The SMILES string of the molecule is COc1cccc(NC(=O)c2cc(=O)n(C)c3ccccc23)c1. The van der Waals surface area contributed by atoms with E-state index >= 15 is 0 Å². The topological polar surface area (TPSA) is 60.3 Å². The number of benzene rings is 2. The van der Waals surface area contributed by atoms with E-state index in [1.54, 1.807) is 38.4 Å². The van der Waals surface area contributed by atoms with Gasteiger partial charge in [-0.1, -0.05) is 24.3 Å². The first kappa shape index (κ1) is 14.8. The third-order valence-electron chi connectivity index (χ3n) is 3.73. The van der Waals surface area contributed by atoms with Crippen LogP contribution in [-0.4, -0.2) is 17.6 Å². The number of pyridine rings is 1. The number of anilines is 1. The summed E-state index contributed by atoms with van der Waals surface area (Å²) in [5.74, 6) is 0.323. The molecule has 0 radical (unpaired) electrons. The summed E-state index contributed by atoms with van der Waals surface area (Å²) in [6, 6.07) is 15.8. The molecule has 116 valence electrons. The fourth-order valence-corrected chi connectivity index (χ4v) is 2.50. The Morgan fingerprint density at radius 2 is 1.87 bits per heavy atom. The average Bonchev–Trinajstić information content (AvgIpc) is 2.58. The maximum absolute atomic E-state index is 12.6. The van der Waals surface area contributed by atoms with Crippen LogP contribution in [0.2, 0.25) is 0 Å². The molecule has 3 aromatic rings. The van der Waals surface area contributed by atoms with E-state index in [0.29, 0.717) is 17.0 Å². The maximum atomic E-state index is 12.6. The molecule has 23 heavy (non-hydrogen) atoms. The third-order valence-corrected chi connectivity index (χ3v) is 3.73. The van der Waals surface area contributed by atoms with Crippen LogP contribution in [-0.2, 0) is 7.05 Å². The quantitative estimate of drug-likeness (QED) is 0.809. The number of para-hydroxylation sites is 1. The summed E-state index contributed by atoms with van der Waals surface area (Å²) in [6.45, 7) is 0. The molecule has 5 heteroatoms. The molecule has 0 aliphatic carbocycles. The number of fused-ring (bicyclic) bond motifs is 1. The summed E-state index contributed by atoms with van der Waals surface area (Å²) < 4.78 is 6.67. The molecule has 0 unspecified atom stereocenters. The summed E-state index contributed by atoms with van der Waals surface area (Å²) in [4.78, 5) is 24.7. The van der Waals surface area contributed by atoms with Crippen LogP contribution >= 0.6 is 0 Å². The minimum atomic E-state index is -0.327. The second-order valence-corrected chi connectivity index (χ2v) is 5.16. The van der Waals surface area contributed by atoms with Gasteiger partial charge in [0.2, 0.25) is 0 Å². The Balaban J connectivity index is 2.04. The third kappa shape index (κ3) is 2.81. The molecule has 2 aromatic carbocycles. The Labute approximate surface area is 133 Å². The zero-order valence-electron chi connectivity index (χ0n) is 12.9. The van der Waals surface area contributed by atoms with Crippen molar-refractivity contribution >= 4 is 22.5 Å². The van der Waals surface area contributed by atoms with Crippen LogP contribution in [0, 0.1) is 0 Å². The smallest absolute Gasteiger partial charge is 0.256 e. The van der Waals surface area contributed by atoms with E-state index in [2.05, 4.69) is 5.32 Å². The number of carbonyl (C=O) groups is 1. The van der Waals surface area contributed by atoms with Gasteiger partial charge >= 0.3 is 0 Å². The molecule has 0 fully saturated rings.